The number of hydrogen-bond acceptors (Lipinski definition) is 4. The molecule has 3 aliphatic heterocycles. The maximum Gasteiger partial charge on any atom is 0.220 e. The number of likely N-dealkylation sites (tertiary alicyclic amines) is 1. The van der Waals surface area contributed by atoms with Gasteiger partial charge in [0.2, 0.25) is 5.91 Å². The van der Waals surface area contributed by atoms with Gasteiger partial charge in [-0.25, -0.2) is 0 Å². The van der Waals surface area contributed by atoms with Crippen LogP contribution in [0.4, 0.5) is 0 Å². The lowest BCUT2D eigenvalue weighted by Crippen LogP contribution is -2.41. The van der Waals surface area contributed by atoms with Gasteiger partial charge in [-0.15, -0.1) is 0 Å². The second kappa shape index (κ2) is 8.37. The summed E-state index contributed by atoms with van der Waals surface area (Å²) in [7, 11) is 0. The molecule has 1 amide bonds. The van der Waals surface area contributed by atoms with Crippen LogP contribution in [-0.4, -0.2) is 51.9 Å². The number of nitrogens with one attached hydrogen (secondary N) is 1. The van der Waals surface area contributed by atoms with Gasteiger partial charge in [0.05, 0.1) is 17.9 Å². The molecule has 0 aromatic carbocycles. The molecule has 0 saturated carbocycles. The van der Waals surface area contributed by atoms with E-state index in [2.05, 4.69) is 34.5 Å². The summed E-state index contributed by atoms with van der Waals surface area (Å²) < 4.78 is 8.50. The van der Waals surface area contributed by atoms with Crippen LogP contribution in [-0.2, 0) is 22.6 Å². The molecule has 6 heteroatoms. The summed E-state index contributed by atoms with van der Waals surface area (Å²) >= 11 is 0. The van der Waals surface area contributed by atoms with E-state index in [-0.39, 0.29) is 11.5 Å². The van der Waals surface area contributed by atoms with Gasteiger partial charge < -0.3 is 10.1 Å². The van der Waals surface area contributed by atoms with Crippen LogP contribution in [0, 0.1) is 11.8 Å². The van der Waals surface area contributed by atoms with Gasteiger partial charge in [-0.3, -0.25) is 14.4 Å². The summed E-state index contributed by atoms with van der Waals surface area (Å²) in [4.78, 5) is 14.7. The minimum Gasteiger partial charge on any atom is -0.370 e. The molecule has 3 saturated heterocycles. The van der Waals surface area contributed by atoms with Gasteiger partial charge >= 0.3 is 0 Å². The predicted molar refractivity (Wildman–Crippen MR) is 109 cm³/mol. The van der Waals surface area contributed by atoms with Crippen LogP contribution >= 0.6 is 0 Å². The third-order valence-corrected chi connectivity index (χ3v) is 6.82. The highest BCUT2D eigenvalue weighted by molar-refractivity contribution is 5.75. The Hall–Kier alpha value is -1.66. The summed E-state index contributed by atoms with van der Waals surface area (Å²) in [5.74, 6) is 1.18. The van der Waals surface area contributed by atoms with E-state index in [9.17, 15) is 4.79 Å². The lowest BCUT2D eigenvalue weighted by molar-refractivity contribution is -0.121. The number of carbonyl (C=O) groups excluding carboxylic acids is 1. The largest absolute Gasteiger partial charge is 0.370 e. The molecule has 3 fully saturated rings. The van der Waals surface area contributed by atoms with E-state index >= 15 is 0 Å². The SMILES string of the molecule is C/C=C/CCCC(=O)NC[C@H]1[C@H]2CN(Cc3cnn(CC)c3)C[C@]23CC[C@H]1O3. The zero-order valence-electron chi connectivity index (χ0n) is 17.3. The van der Waals surface area contributed by atoms with E-state index in [0.29, 0.717) is 24.4 Å². The topological polar surface area (TPSA) is 59.4 Å². The van der Waals surface area contributed by atoms with E-state index in [4.69, 9.17) is 4.74 Å². The van der Waals surface area contributed by atoms with Crippen LogP contribution in [0.1, 0.15) is 51.5 Å². The van der Waals surface area contributed by atoms with Gasteiger partial charge in [0.25, 0.3) is 0 Å². The van der Waals surface area contributed by atoms with Gasteiger partial charge in [-0.05, 0) is 39.5 Å². The van der Waals surface area contributed by atoms with E-state index in [1.807, 2.05) is 23.9 Å². The van der Waals surface area contributed by atoms with Crippen molar-refractivity contribution in [2.24, 2.45) is 11.8 Å². The summed E-state index contributed by atoms with van der Waals surface area (Å²) in [6.45, 7) is 8.83. The Morgan fingerprint density at radius 1 is 1.50 bits per heavy atom. The van der Waals surface area contributed by atoms with Crippen molar-refractivity contribution in [3.8, 4) is 0 Å². The molecule has 3 aliphatic rings. The van der Waals surface area contributed by atoms with Gasteiger partial charge in [-0.2, -0.15) is 5.10 Å². The first kappa shape index (κ1) is 19.6. The van der Waals surface area contributed by atoms with Crippen molar-refractivity contribution >= 4 is 5.91 Å². The van der Waals surface area contributed by atoms with E-state index in [1.54, 1.807) is 0 Å². The molecule has 1 aromatic heterocycles. The second-order valence-corrected chi connectivity index (χ2v) is 8.67. The smallest absolute Gasteiger partial charge is 0.220 e. The van der Waals surface area contributed by atoms with Gasteiger partial charge in [0, 0.05) is 62.7 Å². The van der Waals surface area contributed by atoms with Crippen molar-refractivity contribution in [1.82, 2.24) is 20.0 Å². The molecular weight excluding hydrogens is 352 g/mol. The zero-order valence-corrected chi connectivity index (χ0v) is 17.3. The lowest BCUT2D eigenvalue weighted by Gasteiger charge is -2.29. The molecule has 0 aliphatic carbocycles. The van der Waals surface area contributed by atoms with Gasteiger partial charge in [-0.1, -0.05) is 12.2 Å². The molecule has 1 aromatic rings. The predicted octanol–water partition coefficient (Wildman–Crippen LogP) is 2.75. The monoisotopic (exact) mass is 386 g/mol. The number of rotatable bonds is 9. The average molecular weight is 387 g/mol. The zero-order chi connectivity index (χ0) is 19.6. The molecule has 0 radical (unpaired) electrons. The Balaban J connectivity index is 1.30. The Kier molecular flexibility index (Phi) is 5.88. The number of aryl methyl sites for hydroxylation is 1. The highest BCUT2D eigenvalue weighted by Crippen LogP contribution is 2.54. The van der Waals surface area contributed by atoms with Crippen molar-refractivity contribution in [3.63, 3.8) is 0 Å². The molecule has 4 rings (SSSR count). The number of allylic oxidation sites excluding steroid dienone is 2. The molecular formula is C22H34N4O2. The first-order valence-corrected chi connectivity index (χ1v) is 10.9. The van der Waals surface area contributed by atoms with E-state index < -0.39 is 0 Å². The Bertz CT molecular complexity index is 715. The number of fused-ring (bicyclic) bond motifs is 1. The van der Waals surface area contributed by atoms with Crippen molar-refractivity contribution in [1.29, 1.82) is 0 Å². The van der Waals surface area contributed by atoms with Crippen LogP contribution < -0.4 is 5.32 Å². The molecule has 0 unspecified atom stereocenters. The summed E-state index contributed by atoms with van der Waals surface area (Å²) in [6, 6.07) is 0. The summed E-state index contributed by atoms with van der Waals surface area (Å²) in [6.07, 6.45) is 13.5. The number of carbonyl (C=O) groups is 1. The number of hydrogen-bond donors (Lipinski definition) is 1. The quantitative estimate of drug-likeness (QED) is 0.524. The van der Waals surface area contributed by atoms with Crippen molar-refractivity contribution in [2.75, 3.05) is 19.6 Å². The third-order valence-electron chi connectivity index (χ3n) is 6.82. The standard InChI is InChI=1S/C22H34N4O2/c1-3-5-6-7-8-21(27)23-12-18-19-15-25(13-17-11-24-26(4-2)14-17)16-22(19)10-9-20(18)28-22/h3,5,11,14,18-20H,4,6-10,12-13,15-16H2,1-2H3,(H,23,27)/b5-3+/t18-,19+,20+,22+/m0/s1. The van der Waals surface area contributed by atoms with Crippen LogP contribution in [0.5, 0.6) is 0 Å². The Labute approximate surface area is 168 Å². The minimum atomic E-state index is 0.0206. The number of ether oxygens (including phenoxy) is 1. The van der Waals surface area contributed by atoms with Crippen LogP contribution in [0.25, 0.3) is 0 Å². The average Bonchev–Trinajstić information content (AvgIpc) is 3.44. The lowest BCUT2D eigenvalue weighted by atomic mass is 9.73. The first-order chi connectivity index (χ1) is 13.6. The number of amides is 1. The molecule has 1 spiro atoms. The maximum atomic E-state index is 12.2. The molecule has 2 bridgehead atoms. The highest BCUT2D eigenvalue weighted by Gasteiger charge is 2.62. The molecule has 28 heavy (non-hydrogen) atoms. The molecule has 6 nitrogen and oxygen atoms in total. The fraction of sp³-hybridized carbons (Fsp3) is 0.727. The minimum absolute atomic E-state index is 0.0206. The maximum absolute atomic E-state index is 12.2. The van der Waals surface area contributed by atoms with E-state index in [0.717, 1.165) is 52.0 Å². The molecule has 154 valence electrons. The first-order valence-electron chi connectivity index (χ1n) is 10.9. The van der Waals surface area contributed by atoms with Crippen LogP contribution in [0.15, 0.2) is 24.5 Å². The summed E-state index contributed by atoms with van der Waals surface area (Å²) in [5, 5.41) is 7.60. The molecule has 1 N–H and O–H groups in total. The third kappa shape index (κ3) is 3.90. The fourth-order valence-electron chi connectivity index (χ4n) is 5.47. The van der Waals surface area contributed by atoms with Crippen molar-refractivity contribution in [2.45, 2.75) is 70.7 Å². The molecule has 4 heterocycles. The molecule has 4 atom stereocenters. The second-order valence-electron chi connectivity index (χ2n) is 8.67. The van der Waals surface area contributed by atoms with Crippen LogP contribution in [0.3, 0.4) is 0 Å². The van der Waals surface area contributed by atoms with Gasteiger partial charge in [0.15, 0.2) is 0 Å². The van der Waals surface area contributed by atoms with Crippen molar-refractivity contribution in [3.05, 3.63) is 30.1 Å². The van der Waals surface area contributed by atoms with Crippen LogP contribution in [0.2, 0.25) is 0 Å². The number of nitrogens with zero attached hydrogens (tertiary/aromatic N) is 3. The summed E-state index contributed by atoms with van der Waals surface area (Å²) in [5.41, 5.74) is 1.30. The Morgan fingerprint density at radius 2 is 2.39 bits per heavy atom. The van der Waals surface area contributed by atoms with Gasteiger partial charge in [0.1, 0.15) is 0 Å². The van der Waals surface area contributed by atoms with E-state index in [1.165, 1.54) is 12.0 Å². The highest BCUT2D eigenvalue weighted by atomic mass is 16.5. The Morgan fingerprint density at radius 3 is 3.18 bits per heavy atom. The number of aromatic nitrogens is 2. The number of unbranched alkanes of at least 4 members (excludes halogenated alkanes) is 1. The normalized spacial score (nSPS) is 31.7. The fourth-order valence-corrected chi connectivity index (χ4v) is 5.47. The van der Waals surface area contributed by atoms with Crippen molar-refractivity contribution < 1.29 is 9.53 Å².